The fraction of sp³-hybridized carbons (Fsp3) is 0.500. The van der Waals surface area contributed by atoms with Crippen molar-refractivity contribution in [3.8, 4) is 0 Å². The van der Waals surface area contributed by atoms with Crippen molar-refractivity contribution in [2.24, 2.45) is 11.8 Å². The number of methoxy groups -OCH3 is 1. The zero-order valence-electron chi connectivity index (χ0n) is 15.3. The van der Waals surface area contributed by atoms with E-state index in [2.05, 4.69) is 48.5 Å². The van der Waals surface area contributed by atoms with Gasteiger partial charge in [0.1, 0.15) is 0 Å². The van der Waals surface area contributed by atoms with Crippen molar-refractivity contribution in [2.45, 2.75) is 39.3 Å². The average Bonchev–Trinajstić information content (AvgIpc) is 3.28. The second-order valence-electron chi connectivity index (χ2n) is 6.14. The van der Waals surface area contributed by atoms with Crippen LogP contribution in [0.4, 0.5) is 5.69 Å². The summed E-state index contributed by atoms with van der Waals surface area (Å²) in [6.07, 6.45) is 0.500. The van der Waals surface area contributed by atoms with E-state index in [1.807, 2.05) is 24.3 Å². The third-order valence-corrected chi connectivity index (χ3v) is 4.95. The number of halogens is 1. The fourth-order valence-electron chi connectivity index (χ4n) is 3.56. The molecule has 0 radical (unpaired) electrons. The minimum atomic E-state index is -0.186. The summed E-state index contributed by atoms with van der Waals surface area (Å²) in [4.78, 5) is 46.9. The van der Waals surface area contributed by atoms with Crippen molar-refractivity contribution in [2.75, 3.05) is 12.0 Å². The van der Waals surface area contributed by atoms with Gasteiger partial charge in [-0.25, -0.2) is 4.79 Å². The van der Waals surface area contributed by atoms with Crippen LogP contribution in [0.5, 0.6) is 0 Å². The molecular formula is C18H22BrNO6. The van der Waals surface area contributed by atoms with Gasteiger partial charge in [0.25, 0.3) is 0 Å². The minimum absolute atomic E-state index is 0.143. The van der Waals surface area contributed by atoms with Gasteiger partial charge in [-0.05, 0) is 36.1 Å². The predicted molar refractivity (Wildman–Crippen MR) is 94.8 cm³/mol. The van der Waals surface area contributed by atoms with E-state index in [4.69, 9.17) is 23.9 Å². The van der Waals surface area contributed by atoms with Crippen LogP contribution in [0.3, 0.4) is 0 Å². The Morgan fingerprint density at radius 2 is 1.42 bits per heavy atom. The molecular weight excluding hydrogens is 406 g/mol. The SMILES string of the molecule is COC(=O)C1N(c2ccc(Br)cc2)C1(C(C)C)C(C)C.O=C=O.O=C=O. The Kier molecular flexibility index (Phi) is 9.73. The van der Waals surface area contributed by atoms with Crippen LogP contribution in [-0.2, 0) is 28.7 Å². The van der Waals surface area contributed by atoms with Crippen molar-refractivity contribution in [3.05, 3.63) is 28.7 Å². The van der Waals surface area contributed by atoms with Gasteiger partial charge in [-0.15, -0.1) is 0 Å². The number of carbonyl (C=O) groups excluding carboxylic acids is 5. The van der Waals surface area contributed by atoms with Crippen LogP contribution in [0.1, 0.15) is 27.7 Å². The highest BCUT2D eigenvalue weighted by Gasteiger charge is 2.69. The van der Waals surface area contributed by atoms with Crippen LogP contribution < -0.4 is 4.90 Å². The molecule has 7 nitrogen and oxygen atoms in total. The highest BCUT2D eigenvalue weighted by atomic mass is 79.9. The molecule has 1 aromatic rings. The van der Waals surface area contributed by atoms with E-state index in [-0.39, 0.29) is 29.9 Å². The summed E-state index contributed by atoms with van der Waals surface area (Å²) >= 11 is 3.45. The summed E-state index contributed by atoms with van der Waals surface area (Å²) < 4.78 is 6.05. The Morgan fingerprint density at radius 3 is 1.73 bits per heavy atom. The third kappa shape index (κ3) is 4.88. The number of hydrogen-bond donors (Lipinski definition) is 0. The molecule has 0 amide bonds. The second kappa shape index (κ2) is 10.7. The standard InChI is InChI=1S/C16H22BrNO2.2CO2/c1-10(2)16(11(3)4)14(15(19)20-5)18(16)13-8-6-12(17)7-9-13;2*2-1-3/h6-11,14H,1-5H3;;. The minimum Gasteiger partial charge on any atom is -0.467 e. The van der Waals surface area contributed by atoms with Crippen LogP contribution in [0.2, 0.25) is 0 Å². The molecule has 1 aromatic carbocycles. The molecule has 142 valence electrons. The van der Waals surface area contributed by atoms with E-state index in [0.29, 0.717) is 11.8 Å². The number of ether oxygens (including phenoxy) is 1. The molecule has 0 aliphatic carbocycles. The van der Waals surface area contributed by atoms with Crippen molar-refractivity contribution in [3.63, 3.8) is 0 Å². The van der Waals surface area contributed by atoms with E-state index in [1.54, 1.807) is 0 Å². The normalized spacial score (nSPS) is 16.3. The van der Waals surface area contributed by atoms with Crippen molar-refractivity contribution < 1.29 is 28.7 Å². The maximum atomic E-state index is 12.2. The topological polar surface area (TPSA) is 97.6 Å². The van der Waals surface area contributed by atoms with Crippen molar-refractivity contribution in [1.29, 1.82) is 0 Å². The predicted octanol–water partition coefficient (Wildman–Crippen LogP) is 2.69. The van der Waals surface area contributed by atoms with E-state index in [9.17, 15) is 4.79 Å². The summed E-state index contributed by atoms with van der Waals surface area (Å²) in [6, 6.07) is 7.92. The van der Waals surface area contributed by atoms with Gasteiger partial charge in [-0.1, -0.05) is 43.6 Å². The molecule has 1 atom stereocenters. The molecule has 2 rings (SSSR count). The molecule has 0 bridgehead atoms. The lowest BCUT2D eigenvalue weighted by Crippen LogP contribution is -2.34. The zero-order chi connectivity index (χ0) is 20.5. The van der Waals surface area contributed by atoms with E-state index in [0.717, 1.165) is 10.2 Å². The Labute approximate surface area is 160 Å². The highest BCUT2D eigenvalue weighted by molar-refractivity contribution is 9.10. The number of nitrogens with zero attached hydrogens (tertiary/aromatic N) is 1. The lowest BCUT2D eigenvalue weighted by atomic mass is 9.81. The van der Waals surface area contributed by atoms with E-state index < -0.39 is 0 Å². The quantitative estimate of drug-likeness (QED) is 0.537. The fourth-order valence-corrected chi connectivity index (χ4v) is 3.82. The molecule has 0 spiro atoms. The third-order valence-electron chi connectivity index (χ3n) is 4.42. The first-order chi connectivity index (χ1) is 12.2. The summed E-state index contributed by atoms with van der Waals surface area (Å²) in [5.74, 6) is 0.598. The first-order valence-corrected chi connectivity index (χ1v) is 8.61. The summed E-state index contributed by atoms with van der Waals surface area (Å²) in [7, 11) is 1.46. The molecule has 1 heterocycles. The maximum absolute atomic E-state index is 12.2. The van der Waals surface area contributed by atoms with Gasteiger partial charge in [0.15, 0.2) is 6.04 Å². The summed E-state index contributed by atoms with van der Waals surface area (Å²) in [5, 5.41) is 0. The zero-order valence-corrected chi connectivity index (χ0v) is 16.9. The number of rotatable bonds is 4. The van der Waals surface area contributed by atoms with Gasteiger partial charge in [-0.2, -0.15) is 19.2 Å². The number of anilines is 1. The monoisotopic (exact) mass is 427 g/mol. The molecule has 1 saturated heterocycles. The molecule has 0 saturated carbocycles. The summed E-state index contributed by atoms with van der Waals surface area (Å²) in [6.45, 7) is 8.70. The largest absolute Gasteiger partial charge is 0.467 e. The Balaban J connectivity index is 0.000000918. The molecule has 1 fully saturated rings. The van der Waals surface area contributed by atoms with Crippen LogP contribution in [-0.4, -0.2) is 37.0 Å². The number of esters is 1. The Morgan fingerprint density at radius 1 is 1.04 bits per heavy atom. The lowest BCUT2D eigenvalue weighted by Gasteiger charge is -2.26. The van der Waals surface area contributed by atoms with Crippen molar-refractivity contribution in [1.82, 2.24) is 0 Å². The molecule has 8 heteroatoms. The number of carbonyl (C=O) groups is 1. The smallest absolute Gasteiger partial charge is 0.373 e. The van der Waals surface area contributed by atoms with E-state index in [1.165, 1.54) is 7.11 Å². The van der Waals surface area contributed by atoms with Crippen molar-refractivity contribution >= 4 is 39.9 Å². The van der Waals surface area contributed by atoms with Crippen LogP contribution in [0.15, 0.2) is 28.7 Å². The maximum Gasteiger partial charge on any atom is 0.373 e. The molecule has 1 aliphatic rings. The molecule has 1 aliphatic heterocycles. The molecule has 1 unspecified atom stereocenters. The van der Waals surface area contributed by atoms with Gasteiger partial charge >= 0.3 is 18.3 Å². The Bertz CT molecular complexity index is 639. The first-order valence-electron chi connectivity index (χ1n) is 7.81. The van der Waals surface area contributed by atoms with Gasteiger partial charge in [0, 0.05) is 10.2 Å². The molecule has 26 heavy (non-hydrogen) atoms. The first kappa shape index (κ1) is 23.7. The Hall–Kier alpha value is -2.27. The average molecular weight is 428 g/mol. The van der Waals surface area contributed by atoms with Crippen LogP contribution in [0, 0.1) is 11.8 Å². The number of benzene rings is 1. The van der Waals surface area contributed by atoms with Gasteiger partial charge in [-0.3, -0.25) is 0 Å². The molecule has 0 aromatic heterocycles. The number of hydrogen-bond acceptors (Lipinski definition) is 7. The van der Waals surface area contributed by atoms with E-state index >= 15 is 0 Å². The van der Waals surface area contributed by atoms with Gasteiger partial charge < -0.3 is 9.64 Å². The van der Waals surface area contributed by atoms with Gasteiger partial charge in [0.2, 0.25) is 0 Å². The molecule has 0 N–H and O–H groups in total. The summed E-state index contributed by atoms with van der Waals surface area (Å²) in [5.41, 5.74) is 0.923. The highest BCUT2D eigenvalue weighted by Crippen LogP contribution is 2.55. The van der Waals surface area contributed by atoms with Crippen LogP contribution in [0.25, 0.3) is 0 Å². The van der Waals surface area contributed by atoms with Gasteiger partial charge in [0.05, 0.1) is 12.6 Å². The van der Waals surface area contributed by atoms with Crippen LogP contribution >= 0.6 is 15.9 Å². The lowest BCUT2D eigenvalue weighted by molar-refractivity contribution is -0.193. The second-order valence-corrected chi connectivity index (χ2v) is 7.05.